The molecule has 0 saturated heterocycles. The maximum absolute atomic E-state index is 11.9. The Labute approximate surface area is 235 Å². The monoisotopic (exact) mass is 528 g/mol. The molecule has 11 atom stereocenters. The predicted molar refractivity (Wildman–Crippen MR) is 158 cm³/mol. The minimum atomic E-state index is -0.333. The summed E-state index contributed by atoms with van der Waals surface area (Å²) in [7, 11) is 0. The first-order chi connectivity index (χ1) is 18.7. The van der Waals surface area contributed by atoms with Crippen LogP contribution >= 0.6 is 0 Å². The highest BCUT2D eigenvalue weighted by atomic mass is 16.3. The average Bonchev–Trinajstić information content (AvgIpc) is 3.30. The zero-order valence-electron chi connectivity index (χ0n) is 24.0. The van der Waals surface area contributed by atoms with E-state index in [1.807, 2.05) is 0 Å². The molecule has 210 valence electrons. The molecule has 4 fully saturated rings. The first-order valence-corrected chi connectivity index (χ1v) is 15.6. The lowest BCUT2D eigenvalue weighted by molar-refractivity contribution is -0.206. The van der Waals surface area contributed by atoms with Crippen LogP contribution in [-0.2, 0) is 0 Å². The van der Waals surface area contributed by atoms with Gasteiger partial charge in [0.25, 0.3) is 0 Å². The number of aliphatic hydroxyl groups is 3. The average molecular weight is 529 g/mol. The van der Waals surface area contributed by atoms with Crippen molar-refractivity contribution >= 4 is 5.57 Å². The van der Waals surface area contributed by atoms with Gasteiger partial charge in [0.05, 0.1) is 18.3 Å². The van der Waals surface area contributed by atoms with Gasteiger partial charge < -0.3 is 15.3 Å². The lowest BCUT2D eigenvalue weighted by atomic mass is 9.43. The Balaban J connectivity index is 1.26. The highest BCUT2D eigenvalue weighted by Crippen LogP contribution is 2.68. The molecule has 0 amide bonds. The van der Waals surface area contributed by atoms with E-state index in [-0.39, 0.29) is 35.1 Å². The van der Waals surface area contributed by atoms with Crippen LogP contribution in [0, 0.1) is 46.3 Å². The van der Waals surface area contributed by atoms with E-state index in [0.717, 1.165) is 51.4 Å². The summed E-state index contributed by atoms with van der Waals surface area (Å²) in [4.78, 5) is 0. The molecule has 3 heteroatoms. The summed E-state index contributed by atoms with van der Waals surface area (Å²) in [5.41, 5.74) is 3.74. The second-order valence-electron chi connectivity index (χ2n) is 14.1. The van der Waals surface area contributed by atoms with E-state index in [0.29, 0.717) is 29.6 Å². The molecule has 0 spiro atoms. The van der Waals surface area contributed by atoms with Crippen LogP contribution in [0.4, 0.5) is 0 Å². The summed E-state index contributed by atoms with van der Waals surface area (Å²) in [5, 5.41) is 33.9. The van der Waals surface area contributed by atoms with Crippen LogP contribution < -0.4 is 0 Å². The molecule has 6 rings (SSSR count). The molecule has 2 aromatic carbocycles. The molecule has 0 aromatic heterocycles. The van der Waals surface area contributed by atoms with Gasteiger partial charge >= 0.3 is 0 Å². The Morgan fingerprint density at radius 2 is 1.49 bits per heavy atom. The van der Waals surface area contributed by atoms with E-state index in [4.69, 9.17) is 0 Å². The van der Waals surface area contributed by atoms with E-state index in [2.05, 4.69) is 87.5 Å². The van der Waals surface area contributed by atoms with E-state index < -0.39 is 0 Å². The SMILES string of the molecule is C[C@@H](CC=C(c1ccccc1)c1ccccc1)[C@@H]1CC[C@H]2[C@H]3[C@H](O)C[C@H]4C[C@H](O)CC[C@]4(C)[C@H]3C[C@H](O)[C@@]21C. The lowest BCUT2D eigenvalue weighted by Crippen LogP contribution is -2.62. The summed E-state index contributed by atoms with van der Waals surface area (Å²) in [6.45, 7) is 7.16. The molecule has 0 bridgehead atoms. The second kappa shape index (κ2) is 10.5. The van der Waals surface area contributed by atoms with E-state index >= 15 is 0 Å². The van der Waals surface area contributed by atoms with Gasteiger partial charge in [0.1, 0.15) is 0 Å². The summed E-state index contributed by atoms with van der Waals surface area (Å²) < 4.78 is 0. The molecule has 4 aliphatic carbocycles. The molecular weight excluding hydrogens is 480 g/mol. The van der Waals surface area contributed by atoms with Crippen molar-refractivity contribution < 1.29 is 15.3 Å². The molecular formula is C36H48O3. The number of fused-ring (bicyclic) bond motifs is 5. The fourth-order valence-corrected chi connectivity index (χ4v) is 10.2. The first-order valence-electron chi connectivity index (χ1n) is 15.6. The summed E-state index contributed by atoms with van der Waals surface area (Å²) in [6, 6.07) is 21.4. The fraction of sp³-hybridized carbons (Fsp3) is 0.611. The quantitative estimate of drug-likeness (QED) is 0.388. The van der Waals surface area contributed by atoms with Crippen LogP contribution in [0.15, 0.2) is 66.7 Å². The Hall–Kier alpha value is -1.94. The van der Waals surface area contributed by atoms with Crippen LogP contribution in [0.5, 0.6) is 0 Å². The fourth-order valence-electron chi connectivity index (χ4n) is 10.2. The van der Waals surface area contributed by atoms with Crippen molar-refractivity contribution in [3.05, 3.63) is 77.9 Å². The minimum Gasteiger partial charge on any atom is -0.393 e. The number of allylic oxidation sites excluding steroid dienone is 1. The van der Waals surface area contributed by atoms with Crippen LogP contribution in [0.25, 0.3) is 5.57 Å². The van der Waals surface area contributed by atoms with Crippen molar-refractivity contribution in [2.24, 2.45) is 46.3 Å². The van der Waals surface area contributed by atoms with Gasteiger partial charge in [-0.25, -0.2) is 0 Å². The topological polar surface area (TPSA) is 60.7 Å². The van der Waals surface area contributed by atoms with Gasteiger partial charge in [0.2, 0.25) is 0 Å². The van der Waals surface area contributed by atoms with Gasteiger partial charge in [-0.1, -0.05) is 87.5 Å². The third kappa shape index (κ3) is 4.53. The second-order valence-corrected chi connectivity index (χ2v) is 14.1. The van der Waals surface area contributed by atoms with E-state index in [1.54, 1.807) is 0 Å². The van der Waals surface area contributed by atoms with E-state index in [1.165, 1.54) is 16.7 Å². The highest BCUT2D eigenvalue weighted by molar-refractivity contribution is 5.79. The molecule has 0 radical (unpaired) electrons. The van der Waals surface area contributed by atoms with Gasteiger partial charge in [-0.2, -0.15) is 0 Å². The Bertz CT molecular complexity index is 1120. The molecule has 4 saturated carbocycles. The molecule has 39 heavy (non-hydrogen) atoms. The molecule has 3 nitrogen and oxygen atoms in total. The van der Waals surface area contributed by atoms with Crippen LogP contribution in [0.2, 0.25) is 0 Å². The van der Waals surface area contributed by atoms with Crippen LogP contribution in [-0.4, -0.2) is 33.6 Å². The first kappa shape index (κ1) is 27.2. The van der Waals surface area contributed by atoms with Crippen molar-refractivity contribution in [3.8, 4) is 0 Å². The normalized spacial score (nSPS) is 42.1. The third-order valence-corrected chi connectivity index (χ3v) is 12.4. The number of hydrogen-bond donors (Lipinski definition) is 3. The number of hydrogen-bond acceptors (Lipinski definition) is 3. The smallest absolute Gasteiger partial charge is 0.0602 e. The number of rotatable bonds is 5. The molecule has 0 unspecified atom stereocenters. The molecule has 2 aromatic rings. The lowest BCUT2D eigenvalue weighted by Gasteiger charge is -2.63. The van der Waals surface area contributed by atoms with Gasteiger partial charge in [0, 0.05) is 0 Å². The summed E-state index contributed by atoms with van der Waals surface area (Å²) in [5.74, 6) is 2.24. The van der Waals surface area contributed by atoms with Crippen LogP contribution in [0.1, 0.15) is 83.3 Å². The molecule has 0 heterocycles. The van der Waals surface area contributed by atoms with Crippen molar-refractivity contribution in [2.75, 3.05) is 0 Å². The summed E-state index contributed by atoms with van der Waals surface area (Å²) >= 11 is 0. The Kier molecular flexibility index (Phi) is 7.31. The van der Waals surface area contributed by atoms with Crippen molar-refractivity contribution in [1.82, 2.24) is 0 Å². The maximum atomic E-state index is 11.9. The molecule has 3 N–H and O–H groups in total. The summed E-state index contributed by atoms with van der Waals surface area (Å²) in [6.07, 6.45) is 9.09. The maximum Gasteiger partial charge on any atom is 0.0602 e. The Morgan fingerprint density at radius 1 is 0.846 bits per heavy atom. The third-order valence-electron chi connectivity index (χ3n) is 12.4. The number of aliphatic hydroxyl groups excluding tert-OH is 3. The van der Waals surface area contributed by atoms with Crippen molar-refractivity contribution in [1.29, 1.82) is 0 Å². The zero-order chi connectivity index (χ0) is 27.4. The standard InChI is InChI=1S/C36H48O3/c1-23(14-15-28(24-10-6-4-7-11-24)25-12-8-5-9-13-25)29-16-17-30-34-31(22-33(39)36(29,30)3)35(2)19-18-27(37)20-26(35)21-32(34)38/h4-13,15,23,26-27,29-34,37-39H,14,16-22H2,1-3H3/t23-,26+,27+,29-,30-,31-,32+,33-,34+,35-,36+/m0/s1. The van der Waals surface area contributed by atoms with Crippen molar-refractivity contribution in [2.45, 2.75) is 90.4 Å². The molecule has 4 aliphatic rings. The van der Waals surface area contributed by atoms with Crippen molar-refractivity contribution in [3.63, 3.8) is 0 Å². The van der Waals surface area contributed by atoms with Gasteiger partial charge in [-0.15, -0.1) is 0 Å². The highest BCUT2D eigenvalue weighted by Gasteiger charge is 2.65. The Morgan fingerprint density at radius 3 is 2.13 bits per heavy atom. The number of benzene rings is 2. The van der Waals surface area contributed by atoms with Gasteiger partial charge in [-0.05, 0) is 114 Å². The zero-order valence-corrected chi connectivity index (χ0v) is 24.0. The van der Waals surface area contributed by atoms with Gasteiger partial charge in [-0.3, -0.25) is 0 Å². The largest absolute Gasteiger partial charge is 0.393 e. The van der Waals surface area contributed by atoms with Crippen LogP contribution in [0.3, 0.4) is 0 Å². The minimum absolute atomic E-state index is 0.123. The predicted octanol–water partition coefficient (Wildman–Crippen LogP) is 7.11. The molecule has 0 aliphatic heterocycles. The van der Waals surface area contributed by atoms with E-state index in [9.17, 15) is 15.3 Å². The van der Waals surface area contributed by atoms with Gasteiger partial charge in [0.15, 0.2) is 0 Å².